The van der Waals surface area contributed by atoms with Gasteiger partial charge < -0.3 is 10.1 Å². The maximum Gasteiger partial charge on any atom is 0.221 e. The second kappa shape index (κ2) is 6.62. The largest absolute Gasteiger partial charge is 0.497 e. The van der Waals surface area contributed by atoms with Crippen molar-refractivity contribution in [3.05, 3.63) is 53.0 Å². The molecule has 0 saturated carbocycles. The van der Waals surface area contributed by atoms with E-state index in [4.69, 9.17) is 4.74 Å². The van der Waals surface area contributed by atoms with Gasteiger partial charge in [-0.2, -0.15) is 0 Å². The van der Waals surface area contributed by atoms with Crippen molar-refractivity contribution in [1.29, 1.82) is 0 Å². The van der Waals surface area contributed by atoms with Crippen LogP contribution in [0.5, 0.6) is 5.75 Å². The topological polar surface area (TPSA) is 51.2 Å². The van der Waals surface area contributed by atoms with E-state index < -0.39 is 0 Å². The third-order valence-corrected chi connectivity index (χ3v) is 4.24. The Morgan fingerprint density at radius 1 is 1.17 bits per heavy atom. The van der Waals surface area contributed by atoms with Crippen LogP contribution in [0.25, 0.3) is 22.4 Å². The molecule has 0 atom stereocenters. The first-order chi connectivity index (χ1) is 11.1. The summed E-state index contributed by atoms with van der Waals surface area (Å²) >= 11 is 1.59. The molecule has 1 N–H and O–H groups in total. The normalized spacial score (nSPS) is 11.0. The standard InChI is InChI=1S/C18H16N2O2S/c1-12(21)19-14-6-9-16-17(11-14)23-18(20-16)10-5-13-3-7-15(22-2)8-4-13/h3-11H,1-2H3,(H,19,21)/b10-5+. The highest BCUT2D eigenvalue weighted by atomic mass is 32.1. The second-order valence-corrected chi connectivity index (χ2v) is 6.08. The molecule has 23 heavy (non-hydrogen) atoms. The molecule has 4 nitrogen and oxygen atoms in total. The van der Waals surface area contributed by atoms with E-state index in [0.717, 1.165) is 32.2 Å². The lowest BCUT2D eigenvalue weighted by molar-refractivity contribution is -0.114. The lowest BCUT2D eigenvalue weighted by Gasteiger charge is -1.99. The smallest absolute Gasteiger partial charge is 0.221 e. The first-order valence-corrected chi connectivity index (χ1v) is 7.96. The van der Waals surface area contributed by atoms with Crippen molar-refractivity contribution in [2.45, 2.75) is 6.92 Å². The Bertz CT molecular complexity index is 866. The zero-order chi connectivity index (χ0) is 16.2. The zero-order valence-corrected chi connectivity index (χ0v) is 13.7. The van der Waals surface area contributed by atoms with Crippen molar-refractivity contribution in [1.82, 2.24) is 4.98 Å². The summed E-state index contributed by atoms with van der Waals surface area (Å²) in [5.74, 6) is 0.765. The van der Waals surface area contributed by atoms with Crippen molar-refractivity contribution in [3.63, 3.8) is 0 Å². The molecule has 5 heteroatoms. The van der Waals surface area contributed by atoms with Crippen molar-refractivity contribution >= 4 is 45.3 Å². The first kappa shape index (κ1) is 15.2. The van der Waals surface area contributed by atoms with Gasteiger partial charge in [0.2, 0.25) is 5.91 Å². The molecule has 2 aromatic carbocycles. The summed E-state index contributed by atoms with van der Waals surface area (Å²) < 4.78 is 6.19. The number of methoxy groups -OCH3 is 1. The fourth-order valence-electron chi connectivity index (χ4n) is 2.18. The first-order valence-electron chi connectivity index (χ1n) is 7.14. The Labute approximate surface area is 138 Å². The highest BCUT2D eigenvalue weighted by molar-refractivity contribution is 7.19. The Morgan fingerprint density at radius 2 is 1.96 bits per heavy atom. The lowest BCUT2D eigenvalue weighted by atomic mass is 10.2. The van der Waals surface area contributed by atoms with Crippen LogP contribution < -0.4 is 10.1 Å². The number of aromatic nitrogens is 1. The molecule has 0 bridgehead atoms. The van der Waals surface area contributed by atoms with Gasteiger partial charge in [-0.05, 0) is 42.0 Å². The maximum atomic E-state index is 11.1. The van der Waals surface area contributed by atoms with E-state index in [2.05, 4.69) is 10.3 Å². The van der Waals surface area contributed by atoms with Crippen molar-refractivity contribution < 1.29 is 9.53 Å². The SMILES string of the molecule is COc1ccc(/C=C/c2nc3ccc(NC(C)=O)cc3s2)cc1. The fourth-order valence-corrected chi connectivity index (χ4v) is 3.09. The van der Waals surface area contributed by atoms with E-state index in [9.17, 15) is 4.79 Å². The number of benzene rings is 2. The monoisotopic (exact) mass is 324 g/mol. The van der Waals surface area contributed by atoms with Gasteiger partial charge >= 0.3 is 0 Å². The van der Waals surface area contributed by atoms with Gasteiger partial charge in [-0.3, -0.25) is 4.79 Å². The average molecular weight is 324 g/mol. The number of fused-ring (bicyclic) bond motifs is 1. The van der Waals surface area contributed by atoms with Gasteiger partial charge in [0, 0.05) is 12.6 Å². The molecule has 0 spiro atoms. The molecule has 0 aliphatic rings. The molecule has 1 heterocycles. The predicted octanol–water partition coefficient (Wildman–Crippen LogP) is 4.43. The van der Waals surface area contributed by atoms with Crippen molar-refractivity contribution in [3.8, 4) is 5.75 Å². The molecule has 0 radical (unpaired) electrons. The Balaban J connectivity index is 1.81. The molecule has 0 aliphatic heterocycles. The van der Waals surface area contributed by atoms with Crippen LogP contribution in [0.2, 0.25) is 0 Å². The van der Waals surface area contributed by atoms with Gasteiger partial charge in [-0.15, -0.1) is 11.3 Å². The van der Waals surface area contributed by atoms with E-state index in [0.29, 0.717) is 0 Å². The van der Waals surface area contributed by atoms with Gasteiger partial charge in [-0.1, -0.05) is 18.2 Å². The fraction of sp³-hybridized carbons (Fsp3) is 0.111. The van der Waals surface area contributed by atoms with Gasteiger partial charge in [0.25, 0.3) is 0 Å². The average Bonchev–Trinajstić information content (AvgIpc) is 2.95. The number of nitrogens with zero attached hydrogens (tertiary/aromatic N) is 1. The number of carbonyl (C=O) groups is 1. The van der Waals surface area contributed by atoms with Gasteiger partial charge in [0.1, 0.15) is 10.8 Å². The number of hydrogen-bond acceptors (Lipinski definition) is 4. The predicted molar refractivity (Wildman–Crippen MR) is 95.8 cm³/mol. The summed E-state index contributed by atoms with van der Waals surface area (Å²) in [5.41, 5.74) is 2.81. The van der Waals surface area contributed by atoms with E-state index >= 15 is 0 Å². The summed E-state index contributed by atoms with van der Waals surface area (Å²) in [6.07, 6.45) is 4.01. The van der Waals surface area contributed by atoms with Gasteiger partial charge in [0.05, 0.1) is 17.3 Å². The molecular weight excluding hydrogens is 308 g/mol. The summed E-state index contributed by atoms with van der Waals surface area (Å²) in [6.45, 7) is 1.50. The number of rotatable bonds is 4. The molecule has 3 aromatic rings. The number of amides is 1. The number of hydrogen-bond donors (Lipinski definition) is 1. The van der Waals surface area contributed by atoms with Crippen molar-refractivity contribution in [2.24, 2.45) is 0 Å². The minimum atomic E-state index is -0.0755. The minimum absolute atomic E-state index is 0.0755. The number of carbonyl (C=O) groups excluding carboxylic acids is 1. The van der Waals surface area contributed by atoms with Crippen molar-refractivity contribution in [2.75, 3.05) is 12.4 Å². The highest BCUT2D eigenvalue weighted by Crippen LogP contribution is 2.26. The van der Waals surface area contributed by atoms with Crippen LogP contribution in [0.15, 0.2) is 42.5 Å². The maximum absolute atomic E-state index is 11.1. The van der Waals surface area contributed by atoms with Crippen LogP contribution >= 0.6 is 11.3 Å². The third kappa shape index (κ3) is 3.76. The summed E-state index contributed by atoms with van der Waals surface area (Å²) in [7, 11) is 1.65. The molecule has 0 aliphatic carbocycles. The number of nitrogens with one attached hydrogen (secondary N) is 1. The lowest BCUT2D eigenvalue weighted by Crippen LogP contribution is -2.05. The summed E-state index contributed by atoms with van der Waals surface area (Å²) in [6, 6.07) is 13.6. The van der Waals surface area contributed by atoms with E-state index in [-0.39, 0.29) is 5.91 Å². The van der Waals surface area contributed by atoms with E-state index in [1.54, 1.807) is 18.4 Å². The van der Waals surface area contributed by atoms with Crippen LogP contribution in [0.1, 0.15) is 17.5 Å². The van der Waals surface area contributed by atoms with Crippen LogP contribution in [-0.4, -0.2) is 18.0 Å². The number of anilines is 1. The third-order valence-electron chi connectivity index (χ3n) is 3.26. The van der Waals surface area contributed by atoms with E-state index in [1.165, 1.54) is 6.92 Å². The van der Waals surface area contributed by atoms with Gasteiger partial charge in [-0.25, -0.2) is 4.98 Å². The Morgan fingerprint density at radius 3 is 2.65 bits per heavy atom. The molecule has 0 unspecified atom stereocenters. The van der Waals surface area contributed by atoms with Gasteiger partial charge in [0.15, 0.2) is 0 Å². The molecule has 0 fully saturated rings. The summed E-state index contributed by atoms with van der Waals surface area (Å²) in [4.78, 5) is 15.7. The molecule has 1 aromatic heterocycles. The molecular formula is C18H16N2O2S. The number of ether oxygens (including phenoxy) is 1. The molecule has 3 rings (SSSR count). The second-order valence-electron chi connectivity index (χ2n) is 5.02. The van der Waals surface area contributed by atoms with Crippen LogP contribution in [0.4, 0.5) is 5.69 Å². The quantitative estimate of drug-likeness (QED) is 0.772. The highest BCUT2D eigenvalue weighted by Gasteiger charge is 2.03. The van der Waals surface area contributed by atoms with Crippen LogP contribution in [0.3, 0.4) is 0 Å². The Hall–Kier alpha value is -2.66. The zero-order valence-electron chi connectivity index (χ0n) is 12.9. The Kier molecular flexibility index (Phi) is 4.39. The number of thiazole rings is 1. The molecule has 0 saturated heterocycles. The summed E-state index contributed by atoms with van der Waals surface area (Å²) in [5, 5.41) is 3.71. The molecule has 116 valence electrons. The minimum Gasteiger partial charge on any atom is -0.497 e. The van der Waals surface area contributed by atoms with Crippen LogP contribution in [0, 0.1) is 0 Å². The van der Waals surface area contributed by atoms with E-state index in [1.807, 2.05) is 54.6 Å². The van der Waals surface area contributed by atoms with Crippen LogP contribution in [-0.2, 0) is 4.79 Å². The molecule has 1 amide bonds.